The Morgan fingerprint density at radius 1 is 1.16 bits per heavy atom. The molecule has 0 saturated heterocycles. The zero-order valence-corrected chi connectivity index (χ0v) is 14.5. The monoisotopic (exact) mass is 340 g/mol. The number of amides is 1. The van der Waals surface area contributed by atoms with Gasteiger partial charge in [-0.2, -0.15) is 0 Å². The van der Waals surface area contributed by atoms with Gasteiger partial charge < -0.3 is 20.5 Å². The molecule has 1 aliphatic heterocycles. The first-order valence-electron chi connectivity index (χ1n) is 8.59. The molecule has 0 aliphatic carbocycles. The van der Waals surface area contributed by atoms with Crippen LogP contribution in [-0.4, -0.2) is 26.2 Å². The summed E-state index contributed by atoms with van der Waals surface area (Å²) < 4.78 is 11.1. The fraction of sp³-hybridized carbons (Fsp3) is 0.350. The minimum Gasteiger partial charge on any atom is -0.457 e. The second-order valence-electron chi connectivity index (χ2n) is 6.25. The molecule has 0 radical (unpaired) electrons. The molecule has 0 atom stereocenters. The van der Waals surface area contributed by atoms with Crippen LogP contribution in [0, 0.1) is 0 Å². The van der Waals surface area contributed by atoms with Gasteiger partial charge in [-0.15, -0.1) is 0 Å². The number of carbonyl (C=O) groups is 1. The number of ether oxygens (including phenoxy) is 2. The van der Waals surface area contributed by atoms with Crippen molar-refractivity contribution in [2.24, 2.45) is 5.73 Å². The molecule has 3 rings (SSSR count). The number of aryl methyl sites for hydroxylation is 2. The molecule has 0 saturated carbocycles. The fourth-order valence-corrected chi connectivity index (χ4v) is 3.03. The Labute approximate surface area is 148 Å². The van der Waals surface area contributed by atoms with Crippen molar-refractivity contribution in [2.45, 2.75) is 25.8 Å². The lowest BCUT2D eigenvalue weighted by molar-refractivity contribution is 0.1000. The SMILES string of the molecule is COCCCNCc1ccc2c(c1)CCc1cc(C(N)=O)ccc1O2. The Balaban J connectivity index is 1.69. The summed E-state index contributed by atoms with van der Waals surface area (Å²) in [5, 5.41) is 3.42. The van der Waals surface area contributed by atoms with E-state index in [9.17, 15) is 4.79 Å². The van der Waals surface area contributed by atoms with Crippen LogP contribution in [0.25, 0.3) is 0 Å². The molecule has 25 heavy (non-hydrogen) atoms. The molecule has 0 aromatic heterocycles. The lowest BCUT2D eigenvalue weighted by Gasteiger charge is -2.11. The molecular formula is C20H24N2O3. The summed E-state index contributed by atoms with van der Waals surface area (Å²) in [4.78, 5) is 11.4. The number of hydrogen-bond acceptors (Lipinski definition) is 4. The number of methoxy groups -OCH3 is 1. The summed E-state index contributed by atoms with van der Waals surface area (Å²) in [6, 6.07) is 11.7. The van der Waals surface area contributed by atoms with E-state index in [2.05, 4.69) is 17.4 Å². The largest absolute Gasteiger partial charge is 0.457 e. The van der Waals surface area contributed by atoms with Crippen molar-refractivity contribution in [1.29, 1.82) is 0 Å². The first-order chi connectivity index (χ1) is 12.2. The Bertz CT molecular complexity index is 759. The average molecular weight is 340 g/mol. The van der Waals surface area contributed by atoms with E-state index in [4.69, 9.17) is 15.2 Å². The maximum atomic E-state index is 11.4. The quantitative estimate of drug-likeness (QED) is 0.760. The van der Waals surface area contributed by atoms with Crippen LogP contribution in [0.5, 0.6) is 11.5 Å². The molecule has 5 heteroatoms. The Hall–Kier alpha value is -2.37. The fourth-order valence-electron chi connectivity index (χ4n) is 3.03. The molecule has 132 valence electrons. The highest BCUT2D eigenvalue weighted by Crippen LogP contribution is 2.34. The van der Waals surface area contributed by atoms with E-state index in [1.165, 1.54) is 11.1 Å². The highest BCUT2D eigenvalue weighted by Gasteiger charge is 2.16. The number of rotatable bonds is 7. The van der Waals surface area contributed by atoms with Gasteiger partial charge in [-0.05, 0) is 66.8 Å². The van der Waals surface area contributed by atoms with Gasteiger partial charge in [0.05, 0.1) is 0 Å². The summed E-state index contributed by atoms with van der Waals surface area (Å²) in [5.41, 5.74) is 9.34. The van der Waals surface area contributed by atoms with Gasteiger partial charge in [0.2, 0.25) is 5.91 Å². The predicted octanol–water partition coefficient (Wildman–Crippen LogP) is 2.80. The zero-order valence-electron chi connectivity index (χ0n) is 14.5. The van der Waals surface area contributed by atoms with Gasteiger partial charge in [-0.25, -0.2) is 0 Å². The van der Waals surface area contributed by atoms with E-state index in [-0.39, 0.29) is 0 Å². The Morgan fingerprint density at radius 2 is 1.88 bits per heavy atom. The Morgan fingerprint density at radius 3 is 2.60 bits per heavy atom. The maximum Gasteiger partial charge on any atom is 0.248 e. The highest BCUT2D eigenvalue weighted by molar-refractivity contribution is 5.93. The number of nitrogens with one attached hydrogen (secondary N) is 1. The van der Waals surface area contributed by atoms with Crippen LogP contribution in [0.4, 0.5) is 0 Å². The van der Waals surface area contributed by atoms with Crippen LogP contribution in [-0.2, 0) is 24.1 Å². The van der Waals surface area contributed by atoms with E-state index >= 15 is 0 Å². The summed E-state index contributed by atoms with van der Waals surface area (Å²) >= 11 is 0. The molecule has 1 aliphatic rings. The van der Waals surface area contributed by atoms with Crippen LogP contribution >= 0.6 is 0 Å². The third-order valence-corrected chi connectivity index (χ3v) is 4.38. The van der Waals surface area contributed by atoms with E-state index < -0.39 is 5.91 Å². The average Bonchev–Trinajstić information content (AvgIpc) is 2.79. The molecule has 1 heterocycles. The molecule has 0 spiro atoms. The van der Waals surface area contributed by atoms with Gasteiger partial charge >= 0.3 is 0 Å². The van der Waals surface area contributed by atoms with E-state index in [0.717, 1.165) is 56.0 Å². The lowest BCUT2D eigenvalue weighted by Crippen LogP contribution is -2.16. The van der Waals surface area contributed by atoms with E-state index in [1.54, 1.807) is 13.2 Å². The van der Waals surface area contributed by atoms with Gasteiger partial charge in [0.1, 0.15) is 11.5 Å². The van der Waals surface area contributed by atoms with E-state index in [0.29, 0.717) is 5.56 Å². The lowest BCUT2D eigenvalue weighted by atomic mass is 10.0. The van der Waals surface area contributed by atoms with Crippen LogP contribution in [0.1, 0.15) is 33.5 Å². The molecule has 0 unspecified atom stereocenters. The molecule has 5 nitrogen and oxygen atoms in total. The van der Waals surface area contributed by atoms with E-state index in [1.807, 2.05) is 18.2 Å². The Kier molecular flexibility index (Phi) is 5.68. The summed E-state index contributed by atoms with van der Waals surface area (Å²) in [7, 11) is 1.72. The molecule has 3 N–H and O–H groups in total. The molecule has 0 bridgehead atoms. The van der Waals surface area contributed by atoms with Crippen molar-refractivity contribution in [2.75, 3.05) is 20.3 Å². The standard InChI is InChI=1S/C20H24N2O3/c1-24-10-2-9-22-13-14-3-7-18-15(11-14)4-5-16-12-17(20(21)23)6-8-19(16)25-18/h3,6-8,11-12,22H,2,4-5,9-10,13H2,1H3,(H2,21,23). The minimum atomic E-state index is -0.411. The molecule has 0 fully saturated rings. The topological polar surface area (TPSA) is 73.6 Å². The normalized spacial score (nSPS) is 12.7. The highest BCUT2D eigenvalue weighted by atomic mass is 16.5. The first kappa shape index (κ1) is 17.5. The number of nitrogens with two attached hydrogens (primary N) is 1. The summed E-state index contributed by atoms with van der Waals surface area (Å²) in [6.45, 7) is 2.54. The number of benzene rings is 2. The van der Waals surface area contributed by atoms with Gasteiger partial charge in [-0.1, -0.05) is 12.1 Å². The maximum absolute atomic E-state index is 11.4. The van der Waals surface area contributed by atoms with Crippen molar-refractivity contribution in [3.63, 3.8) is 0 Å². The number of fused-ring (bicyclic) bond motifs is 2. The van der Waals surface area contributed by atoms with Crippen molar-refractivity contribution in [3.8, 4) is 11.5 Å². The first-order valence-corrected chi connectivity index (χ1v) is 8.59. The molecular weight excluding hydrogens is 316 g/mol. The van der Waals surface area contributed by atoms with Crippen molar-refractivity contribution in [1.82, 2.24) is 5.32 Å². The van der Waals surface area contributed by atoms with Crippen LogP contribution in [0.15, 0.2) is 36.4 Å². The van der Waals surface area contributed by atoms with Crippen LogP contribution < -0.4 is 15.8 Å². The predicted molar refractivity (Wildman–Crippen MR) is 97.1 cm³/mol. The molecule has 2 aromatic carbocycles. The molecule has 2 aromatic rings. The van der Waals surface area contributed by atoms with Gasteiger partial charge in [-0.3, -0.25) is 4.79 Å². The van der Waals surface area contributed by atoms with Crippen molar-refractivity contribution < 1.29 is 14.3 Å². The number of carbonyl (C=O) groups excluding carboxylic acids is 1. The second-order valence-corrected chi connectivity index (χ2v) is 6.25. The second kappa shape index (κ2) is 8.14. The van der Waals surface area contributed by atoms with Gasteiger partial charge in [0.15, 0.2) is 0 Å². The third kappa shape index (κ3) is 4.38. The van der Waals surface area contributed by atoms with Crippen LogP contribution in [0.3, 0.4) is 0 Å². The summed E-state index contributed by atoms with van der Waals surface area (Å²) in [5.74, 6) is 1.27. The number of hydrogen-bond donors (Lipinski definition) is 2. The zero-order chi connectivity index (χ0) is 17.6. The molecule has 1 amide bonds. The minimum absolute atomic E-state index is 0.411. The van der Waals surface area contributed by atoms with Gasteiger partial charge in [0, 0.05) is 25.8 Å². The summed E-state index contributed by atoms with van der Waals surface area (Å²) in [6.07, 6.45) is 2.71. The smallest absolute Gasteiger partial charge is 0.248 e. The number of primary amides is 1. The van der Waals surface area contributed by atoms with Crippen LogP contribution in [0.2, 0.25) is 0 Å². The van der Waals surface area contributed by atoms with Crippen molar-refractivity contribution >= 4 is 5.91 Å². The third-order valence-electron chi connectivity index (χ3n) is 4.38. The van der Waals surface area contributed by atoms with Crippen molar-refractivity contribution in [3.05, 3.63) is 58.7 Å². The van der Waals surface area contributed by atoms with Gasteiger partial charge in [0.25, 0.3) is 0 Å².